The highest BCUT2D eigenvalue weighted by Crippen LogP contribution is 2.37. The zero-order chi connectivity index (χ0) is 12.8. The summed E-state index contributed by atoms with van der Waals surface area (Å²) in [5.74, 6) is 0.641. The van der Waals surface area contributed by atoms with E-state index in [-0.39, 0.29) is 16.3 Å². The van der Waals surface area contributed by atoms with Crippen molar-refractivity contribution in [2.75, 3.05) is 5.75 Å². The highest BCUT2D eigenvalue weighted by Gasteiger charge is 2.24. The Morgan fingerprint density at radius 2 is 1.71 bits per heavy atom. The largest absolute Gasteiger partial charge is 0.289 e. The summed E-state index contributed by atoms with van der Waals surface area (Å²) < 4.78 is 0. The van der Waals surface area contributed by atoms with Crippen molar-refractivity contribution in [2.24, 2.45) is 0 Å². The molecule has 7 heteroatoms. The maximum atomic E-state index is 10.8. The van der Waals surface area contributed by atoms with E-state index >= 15 is 0 Å². The van der Waals surface area contributed by atoms with Crippen molar-refractivity contribution in [2.45, 2.75) is 24.7 Å². The summed E-state index contributed by atoms with van der Waals surface area (Å²) in [6.45, 7) is 1.99. The average molecular weight is 256 g/mol. The fraction of sp³-hybridized carbons (Fsp3) is 0.400. The molecule has 0 aromatic heterocycles. The Morgan fingerprint density at radius 1 is 1.18 bits per heavy atom. The molecule has 0 unspecified atom stereocenters. The number of nitro groups is 2. The maximum Gasteiger partial charge on any atom is 0.289 e. The van der Waals surface area contributed by atoms with Crippen molar-refractivity contribution < 1.29 is 9.85 Å². The molecule has 17 heavy (non-hydrogen) atoms. The number of rotatable bonds is 6. The van der Waals surface area contributed by atoms with Crippen LogP contribution in [0.5, 0.6) is 0 Å². The second-order valence-corrected chi connectivity index (χ2v) is 4.45. The third kappa shape index (κ3) is 3.42. The highest BCUT2D eigenvalue weighted by atomic mass is 32.2. The average Bonchev–Trinajstić information content (AvgIpc) is 2.28. The lowest BCUT2D eigenvalue weighted by Gasteiger charge is -2.03. The number of hydrogen-bond donors (Lipinski definition) is 0. The fourth-order valence-electron chi connectivity index (χ4n) is 1.27. The molecule has 0 atom stereocenters. The Balaban J connectivity index is 3.10. The lowest BCUT2D eigenvalue weighted by molar-refractivity contribution is -0.399. The molecule has 0 amide bonds. The van der Waals surface area contributed by atoms with E-state index in [0.29, 0.717) is 5.75 Å². The van der Waals surface area contributed by atoms with Crippen molar-refractivity contribution in [3.63, 3.8) is 0 Å². The molecule has 0 spiro atoms. The maximum absolute atomic E-state index is 10.8. The summed E-state index contributed by atoms with van der Waals surface area (Å²) in [6.07, 6.45) is 1.81. The minimum Gasteiger partial charge on any atom is -0.258 e. The zero-order valence-electron chi connectivity index (χ0n) is 9.29. The van der Waals surface area contributed by atoms with Gasteiger partial charge in [0.1, 0.15) is 0 Å². The number of hydrogen-bond acceptors (Lipinski definition) is 5. The first-order valence-corrected chi connectivity index (χ1v) is 6.11. The summed E-state index contributed by atoms with van der Waals surface area (Å²) in [7, 11) is 0. The highest BCUT2D eigenvalue weighted by molar-refractivity contribution is 7.99. The molecule has 0 bridgehead atoms. The van der Waals surface area contributed by atoms with E-state index in [0.717, 1.165) is 12.8 Å². The molecule has 0 fully saturated rings. The van der Waals surface area contributed by atoms with Crippen molar-refractivity contribution in [3.05, 3.63) is 38.4 Å². The Labute approximate surface area is 102 Å². The minimum atomic E-state index is -0.582. The van der Waals surface area contributed by atoms with Crippen LogP contribution in [-0.4, -0.2) is 15.6 Å². The molecule has 0 heterocycles. The van der Waals surface area contributed by atoms with Gasteiger partial charge in [-0.05, 0) is 18.2 Å². The van der Waals surface area contributed by atoms with E-state index in [2.05, 4.69) is 0 Å². The molecule has 0 radical (unpaired) electrons. The first-order chi connectivity index (χ1) is 8.07. The predicted octanol–water partition coefficient (Wildman–Crippen LogP) is 3.40. The van der Waals surface area contributed by atoms with E-state index in [1.165, 1.54) is 30.0 Å². The van der Waals surface area contributed by atoms with Gasteiger partial charge in [0.15, 0.2) is 4.90 Å². The zero-order valence-corrected chi connectivity index (χ0v) is 10.1. The third-order valence-corrected chi connectivity index (χ3v) is 3.31. The Morgan fingerprint density at radius 3 is 2.12 bits per heavy atom. The van der Waals surface area contributed by atoms with Gasteiger partial charge in [-0.3, -0.25) is 20.2 Å². The minimum absolute atomic E-state index is 0.149. The molecule has 92 valence electrons. The number of thioether (sulfide) groups is 1. The molecule has 1 aromatic rings. The van der Waals surface area contributed by atoms with Crippen LogP contribution < -0.4 is 0 Å². The van der Waals surface area contributed by atoms with Gasteiger partial charge in [0.2, 0.25) is 0 Å². The third-order valence-electron chi connectivity index (χ3n) is 2.11. The van der Waals surface area contributed by atoms with Gasteiger partial charge in [-0.1, -0.05) is 13.3 Å². The summed E-state index contributed by atoms with van der Waals surface area (Å²) in [6, 6.07) is 3.92. The molecule has 1 rings (SSSR count). The summed E-state index contributed by atoms with van der Waals surface area (Å²) in [5.41, 5.74) is -0.388. The molecule has 0 aliphatic rings. The van der Waals surface area contributed by atoms with Gasteiger partial charge in [-0.15, -0.1) is 11.8 Å². The molecular formula is C10H12N2O4S. The summed E-state index contributed by atoms with van der Waals surface area (Å²) in [5, 5.41) is 21.6. The lowest BCUT2D eigenvalue weighted by Crippen LogP contribution is -1.97. The number of unbranched alkanes of at least 4 members (excludes halogenated alkanes) is 1. The molecule has 0 saturated carbocycles. The van der Waals surface area contributed by atoms with Crippen molar-refractivity contribution in [3.8, 4) is 0 Å². The van der Waals surface area contributed by atoms with Gasteiger partial charge in [0.05, 0.1) is 9.85 Å². The second kappa shape index (κ2) is 6.19. The van der Waals surface area contributed by atoms with E-state index in [9.17, 15) is 20.2 Å². The second-order valence-electron chi connectivity index (χ2n) is 3.34. The molecule has 0 aliphatic carbocycles. The SMILES string of the molecule is CCCCSc1c([N+](=O)[O-])cccc1[N+](=O)[O-]. The van der Waals surface area contributed by atoms with Crippen LogP contribution in [-0.2, 0) is 0 Å². The van der Waals surface area contributed by atoms with Gasteiger partial charge >= 0.3 is 0 Å². The van der Waals surface area contributed by atoms with Crippen LogP contribution in [0.1, 0.15) is 19.8 Å². The molecule has 1 aromatic carbocycles. The van der Waals surface area contributed by atoms with E-state index in [1.54, 1.807) is 0 Å². The Kier molecular flexibility index (Phi) is 4.89. The van der Waals surface area contributed by atoms with Crippen LogP contribution in [0.15, 0.2) is 23.1 Å². The van der Waals surface area contributed by atoms with Crippen molar-refractivity contribution in [1.29, 1.82) is 0 Å². The molecule has 0 saturated heterocycles. The Hall–Kier alpha value is -1.63. The van der Waals surface area contributed by atoms with Crippen LogP contribution in [0, 0.1) is 20.2 Å². The van der Waals surface area contributed by atoms with Crippen LogP contribution in [0.4, 0.5) is 11.4 Å². The first-order valence-electron chi connectivity index (χ1n) is 5.12. The van der Waals surface area contributed by atoms with E-state index in [4.69, 9.17) is 0 Å². The van der Waals surface area contributed by atoms with Gasteiger partial charge in [-0.2, -0.15) is 0 Å². The van der Waals surface area contributed by atoms with Crippen LogP contribution >= 0.6 is 11.8 Å². The van der Waals surface area contributed by atoms with Gasteiger partial charge < -0.3 is 0 Å². The molecule has 0 aliphatic heterocycles. The fourth-order valence-corrected chi connectivity index (χ4v) is 2.49. The van der Waals surface area contributed by atoms with Crippen LogP contribution in [0.25, 0.3) is 0 Å². The Bertz CT molecular complexity index is 404. The number of nitro benzene ring substituents is 2. The van der Waals surface area contributed by atoms with Crippen LogP contribution in [0.2, 0.25) is 0 Å². The quantitative estimate of drug-likeness (QED) is 0.337. The van der Waals surface area contributed by atoms with Crippen LogP contribution in [0.3, 0.4) is 0 Å². The van der Waals surface area contributed by atoms with Gasteiger partial charge in [0, 0.05) is 12.1 Å². The first kappa shape index (κ1) is 13.4. The molecular weight excluding hydrogens is 244 g/mol. The lowest BCUT2D eigenvalue weighted by atomic mass is 10.3. The number of benzene rings is 1. The van der Waals surface area contributed by atoms with Crippen molar-refractivity contribution in [1.82, 2.24) is 0 Å². The van der Waals surface area contributed by atoms with E-state index in [1.807, 2.05) is 6.92 Å². The monoisotopic (exact) mass is 256 g/mol. The standard InChI is InChI=1S/C10H12N2O4S/c1-2-3-7-17-10-8(11(13)14)5-4-6-9(10)12(15)16/h4-6H,2-3,7H2,1H3. The number of nitrogens with zero attached hydrogens (tertiary/aromatic N) is 2. The normalized spacial score (nSPS) is 10.2. The van der Waals surface area contributed by atoms with Crippen molar-refractivity contribution >= 4 is 23.1 Å². The van der Waals surface area contributed by atoms with E-state index < -0.39 is 9.85 Å². The van der Waals surface area contributed by atoms with Gasteiger partial charge in [-0.25, -0.2) is 0 Å². The summed E-state index contributed by atoms with van der Waals surface area (Å²) >= 11 is 1.17. The predicted molar refractivity (Wildman–Crippen MR) is 65.4 cm³/mol. The summed E-state index contributed by atoms with van der Waals surface area (Å²) in [4.78, 5) is 20.6. The molecule has 6 nitrogen and oxygen atoms in total. The molecule has 0 N–H and O–H groups in total. The topological polar surface area (TPSA) is 86.3 Å². The smallest absolute Gasteiger partial charge is 0.258 e. The van der Waals surface area contributed by atoms with Gasteiger partial charge in [0.25, 0.3) is 11.4 Å².